The molecule has 4 heavy (non-hydrogen) atoms. The molecule has 23 valence electrons. The first kappa shape index (κ1) is 8.92. The molecule has 4 heteroatoms. The summed E-state index contributed by atoms with van der Waals surface area (Å²) >= 11 is 1.20. The average Bonchev–Trinajstić information content (AvgIpc) is 1.50. The van der Waals surface area contributed by atoms with E-state index in [1.807, 2.05) is 0 Å². The van der Waals surface area contributed by atoms with Gasteiger partial charge in [-0.1, -0.05) is 0 Å². The van der Waals surface area contributed by atoms with Crippen LogP contribution in [0.2, 0.25) is 0 Å². The fraction of sp³-hybridized carbons (Fsp3) is 0. The van der Waals surface area contributed by atoms with Crippen LogP contribution in [0.4, 0.5) is 0 Å². The van der Waals surface area contributed by atoms with Crippen LogP contribution in [0.1, 0.15) is 0 Å². The van der Waals surface area contributed by atoms with E-state index in [2.05, 4.69) is 0 Å². The molecule has 0 rings (SSSR count). The fourth-order valence-electron chi connectivity index (χ4n) is 0. The predicted molar refractivity (Wildman–Crippen MR) is 7.13 cm³/mol. The zero-order valence-corrected chi connectivity index (χ0v) is 6.23. The molecule has 2 nitrogen and oxygen atoms in total. The van der Waals surface area contributed by atoms with Crippen LogP contribution in [0.25, 0.3) is 0 Å². The molecule has 0 unspecified atom stereocenters. The van der Waals surface area contributed by atoms with Gasteiger partial charge in [-0.05, 0) is 0 Å². The van der Waals surface area contributed by atoms with E-state index in [0.717, 1.165) is 0 Å². The molecule has 0 N–H and O–H groups in total. The summed E-state index contributed by atoms with van der Waals surface area (Å²) in [6.45, 7) is 0. The minimum absolute atomic E-state index is 0.500. The standard InChI is InChI=1S/Mo.2O.Sb. The number of hydrogen-bond acceptors (Lipinski definition) is 2. The van der Waals surface area contributed by atoms with Crippen LogP contribution in [-0.2, 0) is 26.2 Å². The van der Waals surface area contributed by atoms with Crippen molar-refractivity contribution in [3.8, 4) is 0 Å². The van der Waals surface area contributed by atoms with Gasteiger partial charge in [-0.3, -0.25) is 0 Å². The topological polar surface area (TPSA) is 34.1 Å². The Balaban J connectivity index is 0. The van der Waals surface area contributed by atoms with Crippen molar-refractivity contribution in [2.45, 2.75) is 0 Å². The van der Waals surface area contributed by atoms with Crippen molar-refractivity contribution in [1.82, 2.24) is 0 Å². The van der Waals surface area contributed by atoms with Gasteiger partial charge in [-0.2, -0.15) is 0 Å². The fourth-order valence-corrected chi connectivity index (χ4v) is 0. The molecule has 0 saturated heterocycles. The molecule has 0 aromatic carbocycles. The molecule has 0 aliphatic carbocycles. The molecule has 0 bridgehead atoms. The molecule has 0 atom stereocenters. The average molecular weight is 250 g/mol. The molecule has 0 aromatic rings. The van der Waals surface area contributed by atoms with Gasteiger partial charge in [0.2, 0.25) is 0 Å². The summed E-state index contributed by atoms with van der Waals surface area (Å²) in [7, 11) is 0. The summed E-state index contributed by atoms with van der Waals surface area (Å²) in [4.78, 5) is 0. The molecule has 0 saturated carbocycles. The quantitative estimate of drug-likeness (QED) is 0.537. The van der Waals surface area contributed by atoms with Crippen molar-refractivity contribution >= 4 is 23.0 Å². The van der Waals surface area contributed by atoms with Crippen LogP contribution in [0.15, 0.2) is 0 Å². The second-order valence-electron chi connectivity index (χ2n) is 0. The Morgan fingerprint density at radius 1 is 1.25 bits per heavy atom. The van der Waals surface area contributed by atoms with Crippen molar-refractivity contribution in [2.24, 2.45) is 0 Å². The van der Waals surface area contributed by atoms with Crippen LogP contribution in [0.5, 0.6) is 0 Å². The summed E-state index contributed by atoms with van der Waals surface area (Å²) in [5, 5.41) is 0. The first-order chi connectivity index (χ1) is 2.00. The molecule has 1 radical (unpaired) electrons. The summed E-state index contributed by atoms with van der Waals surface area (Å²) in [6, 6.07) is 0. The van der Waals surface area contributed by atoms with E-state index in [1.54, 1.807) is 0 Å². The molecule has 0 heterocycles. The van der Waals surface area contributed by atoms with Crippen molar-refractivity contribution < 1.29 is 26.2 Å². The van der Waals surface area contributed by atoms with Crippen LogP contribution in [-0.4, -0.2) is 23.0 Å². The summed E-state index contributed by atoms with van der Waals surface area (Å²) in [5.41, 5.74) is 0. The van der Waals surface area contributed by atoms with Crippen LogP contribution < -0.4 is 0 Å². The molecule has 0 fully saturated rings. The third kappa shape index (κ3) is 11.3. The van der Waals surface area contributed by atoms with Crippen LogP contribution in [0, 0.1) is 0 Å². The first-order valence-electron chi connectivity index (χ1n) is 0.349. The van der Waals surface area contributed by atoms with Crippen LogP contribution in [0.3, 0.4) is 0 Å². The Bertz CT molecular complexity index is 8.00. The Kier molecular flexibility index (Phi) is 72.2. The number of rotatable bonds is 0. The monoisotopic (exact) mass is 251 g/mol. The van der Waals surface area contributed by atoms with Crippen molar-refractivity contribution in [3.63, 3.8) is 0 Å². The minimum atomic E-state index is 0.500. The van der Waals surface area contributed by atoms with Gasteiger partial charge < -0.3 is 0 Å². The van der Waals surface area contributed by atoms with E-state index < -0.39 is 0 Å². The Morgan fingerprint density at radius 3 is 1.25 bits per heavy atom. The van der Waals surface area contributed by atoms with E-state index in [9.17, 15) is 0 Å². The van der Waals surface area contributed by atoms with Gasteiger partial charge in [0.15, 0.2) is 0 Å². The van der Waals surface area contributed by atoms with Gasteiger partial charge in [-0.25, -0.2) is 0 Å². The van der Waals surface area contributed by atoms with Gasteiger partial charge in [0.1, 0.15) is 0 Å². The SMILES string of the molecule is [O]=[Mo].[O]=[Sb]. The van der Waals surface area contributed by atoms with E-state index in [1.165, 1.54) is 0 Å². The zero-order chi connectivity index (χ0) is 4.00. The molecule has 0 aliphatic rings. The second kappa shape index (κ2) is 32.4. The van der Waals surface area contributed by atoms with Crippen molar-refractivity contribution in [3.05, 3.63) is 0 Å². The van der Waals surface area contributed by atoms with Crippen molar-refractivity contribution in [1.29, 1.82) is 0 Å². The third-order valence-corrected chi connectivity index (χ3v) is 0. The third-order valence-electron chi connectivity index (χ3n) is 0. The molecule has 0 amide bonds. The van der Waals surface area contributed by atoms with Gasteiger partial charge >= 0.3 is 49.2 Å². The van der Waals surface area contributed by atoms with Crippen molar-refractivity contribution in [2.75, 3.05) is 0 Å². The summed E-state index contributed by atoms with van der Waals surface area (Å²) in [6.07, 6.45) is 0. The Labute approximate surface area is 49.0 Å². The van der Waals surface area contributed by atoms with Gasteiger partial charge in [-0.15, -0.1) is 0 Å². The summed E-state index contributed by atoms with van der Waals surface area (Å²) < 4.78 is 16.6. The summed E-state index contributed by atoms with van der Waals surface area (Å²) in [5.74, 6) is 0. The van der Waals surface area contributed by atoms with E-state index in [4.69, 9.17) is 6.42 Å². The Morgan fingerprint density at radius 2 is 1.25 bits per heavy atom. The van der Waals surface area contributed by atoms with Gasteiger partial charge in [0.05, 0.1) is 0 Å². The normalized spacial score (nSPS) is 2.00. The second-order valence-corrected chi connectivity index (χ2v) is 0. The van der Waals surface area contributed by atoms with Gasteiger partial charge in [0.25, 0.3) is 0 Å². The molecule has 0 aliphatic heterocycles. The van der Waals surface area contributed by atoms with Crippen LogP contribution >= 0.6 is 0 Å². The van der Waals surface area contributed by atoms with E-state index >= 15 is 0 Å². The molecular formula is MoO2Sb. The number of hydrogen-bond donors (Lipinski definition) is 0. The maximum absolute atomic E-state index is 8.30. The predicted octanol–water partition coefficient (Wildman–Crippen LogP) is -0.621. The molecule has 0 aromatic heterocycles. The Hall–Kier alpha value is 1.11. The van der Waals surface area contributed by atoms with Gasteiger partial charge in [0, 0.05) is 0 Å². The van der Waals surface area contributed by atoms with E-state index in [-0.39, 0.29) is 0 Å². The first-order valence-corrected chi connectivity index (χ1v) is 2.21. The maximum atomic E-state index is 8.30. The zero-order valence-electron chi connectivity index (χ0n) is 1.67. The van der Waals surface area contributed by atoms with E-state index in [0.29, 0.717) is 42.8 Å². The molecular weight excluding hydrogens is 250 g/mol. The molecule has 0 spiro atoms.